The van der Waals surface area contributed by atoms with E-state index in [-0.39, 0.29) is 6.42 Å². The Kier molecular flexibility index (Phi) is 5.81. The average molecular weight is 454 g/mol. The molecule has 4 rings (SSSR count). The summed E-state index contributed by atoms with van der Waals surface area (Å²) < 4.78 is 13.0. The number of nitrogens with zero attached hydrogens (tertiary/aromatic N) is 1. The lowest BCUT2D eigenvalue weighted by Gasteiger charge is -2.16. The molecule has 4 bridgehead atoms. The molecule has 29 heavy (non-hydrogen) atoms. The van der Waals surface area contributed by atoms with E-state index in [0.29, 0.717) is 30.4 Å². The summed E-state index contributed by atoms with van der Waals surface area (Å²) in [5.74, 6) is 0.249. The number of aliphatic carboxylic acids is 1. The molecule has 2 heterocycles. The second kappa shape index (κ2) is 8.66. The standard InChI is InChI=1S/C23H20BrNO4/c24-19-9-8-18-14-29-22-5-1-4-20(25-22)16-6-7-17(13-23(26)27)21(12-16)28-10-2-3-15(18)11-19/h1,4-9,11-12H,2-3,10,13-14H2,(H,26,27). The summed E-state index contributed by atoms with van der Waals surface area (Å²) in [4.78, 5) is 15.8. The van der Waals surface area contributed by atoms with E-state index in [4.69, 9.17) is 9.47 Å². The van der Waals surface area contributed by atoms with E-state index in [1.54, 1.807) is 6.07 Å². The molecule has 5 nitrogen and oxygen atoms in total. The number of aromatic nitrogens is 1. The minimum Gasteiger partial charge on any atom is -0.493 e. The minimum atomic E-state index is -0.885. The average Bonchev–Trinajstić information content (AvgIpc) is 2.71. The minimum absolute atomic E-state index is 0.0814. The van der Waals surface area contributed by atoms with Gasteiger partial charge in [0, 0.05) is 21.7 Å². The second-order valence-corrected chi connectivity index (χ2v) is 7.82. The predicted molar refractivity (Wildman–Crippen MR) is 113 cm³/mol. The van der Waals surface area contributed by atoms with Crippen LogP contribution in [0, 0.1) is 0 Å². The molecule has 1 aliphatic heterocycles. The first kappa shape index (κ1) is 19.5. The number of fused-ring (bicyclic) bond motifs is 6. The highest BCUT2D eigenvalue weighted by Gasteiger charge is 2.13. The maximum Gasteiger partial charge on any atom is 0.307 e. The summed E-state index contributed by atoms with van der Waals surface area (Å²) in [7, 11) is 0. The molecule has 0 amide bonds. The molecule has 1 aliphatic rings. The van der Waals surface area contributed by atoms with Crippen LogP contribution in [-0.2, 0) is 24.2 Å². The number of hydrogen-bond acceptors (Lipinski definition) is 4. The lowest BCUT2D eigenvalue weighted by atomic mass is 10.0. The van der Waals surface area contributed by atoms with E-state index in [1.807, 2.05) is 36.4 Å². The van der Waals surface area contributed by atoms with Crippen LogP contribution < -0.4 is 9.47 Å². The summed E-state index contributed by atoms with van der Waals surface area (Å²) in [6, 6.07) is 17.3. The molecule has 0 fully saturated rings. The number of carboxylic acids is 1. The number of rotatable bonds is 2. The van der Waals surface area contributed by atoms with Crippen molar-refractivity contribution in [3.8, 4) is 22.9 Å². The van der Waals surface area contributed by atoms with Crippen molar-refractivity contribution in [2.45, 2.75) is 25.9 Å². The summed E-state index contributed by atoms with van der Waals surface area (Å²) in [5, 5.41) is 9.21. The first-order chi connectivity index (χ1) is 14.1. The highest BCUT2D eigenvalue weighted by Crippen LogP contribution is 2.29. The van der Waals surface area contributed by atoms with Crippen molar-refractivity contribution in [3.63, 3.8) is 0 Å². The van der Waals surface area contributed by atoms with Crippen LogP contribution in [0.1, 0.15) is 23.1 Å². The van der Waals surface area contributed by atoms with Crippen molar-refractivity contribution in [2.24, 2.45) is 0 Å². The fourth-order valence-corrected chi connectivity index (χ4v) is 3.79. The van der Waals surface area contributed by atoms with Crippen LogP contribution in [0.15, 0.2) is 59.1 Å². The van der Waals surface area contributed by atoms with Crippen molar-refractivity contribution in [3.05, 3.63) is 75.8 Å². The summed E-state index contributed by atoms with van der Waals surface area (Å²) in [5.41, 5.74) is 4.57. The fourth-order valence-electron chi connectivity index (χ4n) is 3.38. The van der Waals surface area contributed by atoms with Crippen molar-refractivity contribution in [2.75, 3.05) is 6.61 Å². The third-order valence-electron chi connectivity index (χ3n) is 4.82. The maximum absolute atomic E-state index is 11.2. The third-order valence-corrected chi connectivity index (χ3v) is 5.31. The van der Waals surface area contributed by atoms with Gasteiger partial charge in [0.15, 0.2) is 0 Å². The van der Waals surface area contributed by atoms with Gasteiger partial charge in [0.1, 0.15) is 12.4 Å². The summed E-state index contributed by atoms with van der Waals surface area (Å²) >= 11 is 3.54. The third kappa shape index (κ3) is 4.77. The number of pyridine rings is 1. The van der Waals surface area contributed by atoms with Crippen LogP contribution in [0.2, 0.25) is 0 Å². The molecule has 0 unspecified atom stereocenters. The van der Waals surface area contributed by atoms with Crippen molar-refractivity contribution < 1.29 is 19.4 Å². The van der Waals surface area contributed by atoms with E-state index in [9.17, 15) is 9.90 Å². The molecule has 1 aromatic heterocycles. The van der Waals surface area contributed by atoms with Crippen molar-refractivity contribution >= 4 is 21.9 Å². The SMILES string of the molecule is O=C(O)Cc1ccc2cc1OCCCc1cc(Br)ccc1COc1cccc-2n1. The van der Waals surface area contributed by atoms with E-state index < -0.39 is 5.97 Å². The molecule has 0 radical (unpaired) electrons. The Morgan fingerprint density at radius 2 is 1.97 bits per heavy atom. The molecular formula is C23H20BrNO4. The second-order valence-electron chi connectivity index (χ2n) is 6.91. The first-order valence-corrected chi connectivity index (χ1v) is 10.2. The lowest BCUT2D eigenvalue weighted by Crippen LogP contribution is -2.08. The van der Waals surface area contributed by atoms with Crippen LogP contribution in [-0.4, -0.2) is 22.7 Å². The van der Waals surface area contributed by atoms with Gasteiger partial charge in [-0.05, 0) is 48.2 Å². The zero-order valence-electron chi connectivity index (χ0n) is 15.7. The smallest absolute Gasteiger partial charge is 0.307 e. The number of aryl methyl sites for hydroxylation is 1. The number of ether oxygens (including phenoxy) is 2. The van der Waals surface area contributed by atoms with E-state index in [0.717, 1.165) is 34.1 Å². The Balaban J connectivity index is 1.73. The molecule has 0 spiro atoms. The van der Waals surface area contributed by atoms with Gasteiger partial charge >= 0.3 is 5.97 Å². The molecule has 0 aliphatic carbocycles. The van der Waals surface area contributed by atoms with Gasteiger partial charge in [-0.1, -0.05) is 40.2 Å². The Hall–Kier alpha value is -2.86. The largest absolute Gasteiger partial charge is 0.493 e. The molecule has 2 aromatic carbocycles. The van der Waals surface area contributed by atoms with Crippen LogP contribution in [0.4, 0.5) is 0 Å². The zero-order valence-corrected chi connectivity index (χ0v) is 17.3. The van der Waals surface area contributed by atoms with Crippen LogP contribution in [0.5, 0.6) is 11.6 Å². The van der Waals surface area contributed by atoms with Gasteiger partial charge in [-0.3, -0.25) is 4.79 Å². The number of carbonyl (C=O) groups is 1. The van der Waals surface area contributed by atoms with Crippen LogP contribution in [0.25, 0.3) is 11.3 Å². The van der Waals surface area contributed by atoms with Gasteiger partial charge in [0.2, 0.25) is 5.88 Å². The summed E-state index contributed by atoms with van der Waals surface area (Å²) in [6.45, 7) is 0.944. The monoisotopic (exact) mass is 453 g/mol. The Morgan fingerprint density at radius 3 is 2.83 bits per heavy atom. The molecular weight excluding hydrogens is 434 g/mol. The zero-order chi connectivity index (χ0) is 20.2. The quantitative estimate of drug-likeness (QED) is 0.588. The van der Waals surface area contributed by atoms with E-state index in [1.165, 1.54) is 5.56 Å². The van der Waals surface area contributed by atoms with E-state index >= 15 is 0 Å². The Labute approximate surface area is 177 Å². The van der Waals surface area contributed by atoms with Gasteiger partial charge in [-0.15, -0.1) is 0 Å². The van der Waals surface area contributed by atoms with E-state index in [2.05, 4.69) is 33.0 Å². The highest BCUT2D eigenvalue weighted by atomic mass is 79.9. The Bertz CT molecular complexity index is 1050. The maximum atomic E-state index is 11.2. The van der Waals surface area contributed by atoms with Crippen molar-refractivity contribution in [1.29, 1.82) is 0 Å². The Morgan fingerprint density at radius 1 is 1.07 bits per heavy atom. The number of carboxylic acid groups (broad SMARTS) is 1. The molecule has 6 heteroatoms. The fraction of sp³-hybridized carbons (Fsp3) is 0.217. The number of benzene rings is 2. The first-order valence-electron chi connectivity index (χ1n) is 9.43. The van der Waals surface area contributed by atoms with Crippen LogP contribution >= 0.6 is 15.9 Å². The lowest BCUT2D eigenvalue weighted by molar-refractivity contribution is -0.136. The molecule has 0 saturated heterocycles. The molecule has 148 valence electrons. The van der Waals surface area contributed by atoms with Gasteiger partial charge in [0.05, 0.1) is 18.7 Å². The molecule has 1 N–H and O–H groups in total. The highest BCUT2D eigenvalue weighted by molar-refractivity contribution is 9.10. The molecule has 0 saturated carbocycles. The van der Waals surface area contributed by atoms with Gasteiger partial charge < -0.3 is 14.6 Å². The predicted octanol–water partition coefficient (Wildman–Crippen LogP) is 5.04. The topological polar surface area (TPSA) is 68.7 Å². The number of halogens is 1. The summed E-state index contributed by atoms with van der Waals surface area (Å²) in [6.07, 6.45) is 1.56. The van der Waals surface area contributed by atoms with Crippen LogP contribution in [0.3, 0.4) is 0 Å². The molecule has 3 aromatic rings. The van der Waals surface area contributed by atoms with Gasteiger partial charge in [-0.25, -0.2) is 4.98 Å². The van der Waals surface area contributed by atoms with Gasteiger partial charge in [-0.2, -0.15) is 0 Å². The van der Waals surface area contributed by atoms with Gasteiger partial charge in [0.25, 0.3) is 0 Å². The van der Waals surface area contributed by atoms with Crippen molar-refractivity contribution in [1.82, 2.24) is 4.98 Å². The normalized spacial score (nSPS) is 13.4. The molecule has 0 atom stereocenters. The number of hydrogen-bond donors (Lipinski definition) is 1.